The summed E-state index contributed by atoms with van der Waals surface area (Å²) in [7, 11) is -3.68. The lowest BCUT2D eigenvalue weighted by atomic mass is 10.2. The van der Waals surface area contributed by atoms with Crippen molar-refractivity contribution in [1.29, 1.82) is 0 Å². The Balaban J connectivity index is 1.78. The third-order valence-electron chi connectivity index (χ3n) is 3.78. The van der Waals surface area contributed by atoms with E-state index in [1.54, 1.807) is 42.1 Å². The summed E-state index contributed by atoms with van der Waals surface area (Å²) < 4.78 is 42.3. The van der Waals surface area contributed by atoms with Crippen molar-refractivity contribution >= 4 is 15.7 Å². The molecule has 0 unspecified atom stereocenters. The first-order chi connectivity index (χ1) is 11.8. The van der Waals surface area contributed by atoms with Gasteiger partial charge < -0.3 is 0 Å². The highest BCUT2D eigenvalue weighted by molar-refractivity contribution is 7.92. The molecule has 130 valence electrons. The van der Waals surface area contributed by atoms with Crippen LogP contribution >= 0.6 is 0 Å². The van der Waals surface area contributed by atoms with Crippen LogP contribution in [0.1, 0.15) is 16.7 Å². The number of aromatic nitrogens is 2. The normalized spacial score (nSPS) is 11.5. The third-order valence-corrected chi connectivity index (χ3v) is 5.30. The minimum Gasteiger partial charge on any atom is -0.276 e. The summed E-state index contributed by atoms with van der Waals surface area (Å²) in [4.78, 5) is 0.249. The first kappa shape index (κ1) is 17.2. The predicted molar refractivity (Wildman–Crippen MR) is 94.5 cm³/mol. The van der Waals surface area contributed by atoms with Crippen LogP contribution in [0.5, 0.6) is 0 Å². The average molecular weight is 359 g/mol. The molecule has 0 aliphatic heterocycles. The van der Waals surface area contributed by atoms with Crippen LogP contribution in [0.2, 0.25) is 0 Å². The van der Waals surface area contributed by atoms with Crippen LogP contribution in [0.4, 0.5) is 10.1 Å². The average Bonchev–Trinajstić information content (AvgIpc) is 2.98. The molecule has 0 amide bonds. The van der Waals surface area contributed by atoms with Gasteiger partial charge in [0.25, 0.3) is 10.0 Å². The van der Waals surface area contributed by atoms with E-state index in [1.807, 2.05) is 13.0 Å². The van der Waals surface area contributed by atoms with Crippen LogP contribution in [-0.4, -0.2) is 18.2 Å². The highest BCUT2D eigenvalue weighted by Crippen LogP contribution is 2.20. The van der Waals surface area contributed by atoms with Crippen molar-refractivity contribution in [3.05, 3.63) is 77.4 Å². The van der Waals surface area contributed by atoms with Gasteiger partial charge in [0.15, 0.2) is 0 Å². The fraction of sp³-hybridized carbons (Fsp3) is 0.167. The number of anilines is 1. The number of aryl methyl sites for hydroxylation is 2. The summed E-state index contributed by atoms with van der Waals surface area (Å²) in [5, 5.41) is 4.15. The van der Waals surface area contributed by atoms with Crippen molar-refractivity contribution in [2.45, 2.75) is 25.3 Å². The molecule has 7 heteroatoms. The van der Waals surface area contributed by atoms with Crippen molar-refractivity contribution in [3.8, 4) is 0 Å². The Labute approximate surface area is 146 Å². The van der Waals surface area contributed by atoms with Gasteiger partial charge in [0.1, 0.15) is 5.82 Å². The lowest BCUT2D eigenvalue weighted by molar-refractivity contribution is 0.600. The topological polar surface area (TPSA) is 64.0 Å². The summed E-state index contributed by atoms with van der Waals surface area (Å²) in [6.07, 6.45) is 3.05. The monoisotopic (exact) mass is 359 g/mol. The van der Waals surface area contributed by atoms with E-state index in [0.717, 1.165) is 11.1 Å². The molecule has 1 N–H and O–H groups in total. The number of nitrogens with zero attached hydrogens (tertiary/aromatic N) is 2. The van der Waals surface area contributed by atoms with Crippen LogP contribution in [0.15, 0.2) is 59.8 Å². The lowest BCUT2D eigenvalue weighted by Crippen LogP contribution is -2.14. The minimum absolute atomic E-state index is 0.249. The van der Waals surface area contributed by atoms with E-state index >= 15 is 0 Å². The summed E-state index contributed by atoms with van der Waals surface area (Å²) in [5.41, 5.74) is 2.80. The Morgan fingerprint density at radius 2 is 1.84 bits per heavy atom. The predicted octanol–water partition coefficient (Wildman–Crippen LogP) is 3.49. The van der Waals surface area contributed by atoms with Crippen LogP contribution in [0, 0.1) is 19.7 Å². The molecular weight excluding hydrogens is 341 g/mol. The van der Waals surface area contributed by atoms with E-state index in [2.05, 4.69) is 9.82 Å². The van der Waals surface area contributed by atoms with E-state index in [9.17, 15) is 12.8 Å². The molecule has 2 aromatic carbocycles. The van der Waals surface area contributed by atoms with Gasteiger partial charge in [-0.15, -0.1) is 0 Å². The molecule has 1 heterocycles. The first-order valence-corrected chi connectivity index (χ1v) is 9.19. The molecule has 5 nitrogen and oxygen atoms in total. The van der Waals surface area contributed by atoms with E-state index in [0.29, 0.717) is 17.8 Å². The summed E-state index contributed by atoms with van der Waals surface area (Å²) in [5.74, 6) is -0.300. The first-order valence-electron chi connectivity index (χ1n) is 7.70. The number of halogens is 1. The number of hydrogen-bond donors (Lipinski definition) is 1. The van der Waals surface area contributed by atoms with Gasteiger partial charge in [-0.1, -0.05) is 24.3 Å². The number of hydrogen-bond acceptors (Lipinski definition) is 3. The minimum atomic E-state index is -3.68. The lowest BCUT2D eigenvalue weighted by Gasteiger charge is -2.09. The summed E-state index contributed by atoms with van der Waals surface area (Å²) >= 11 is 0. The Hall–Kier alpha value is -2.67. The summed E-state index contributed by atoms with van der Waals surface area (Å²) in [6, 6.07) is 11.4. The molecule has 0 saturated carbocycles. The van der Waals surface area contributed by atoms with Crippen LogP contribution < -0.4 is 4.72 Å². The van der Waals surface area contributed by atoms with Crippen LogP contribution in [0.3, 0.4) is 0 Å². The van der Waals surface area contributed by atoms with E-state index in [1.165, 1.54) is 18.3 Å². The molecular formula is C18H18FN3O2S. The van der Waals surface area contributed by atoms with Gasteiger partial charge in [-0.3, -0.25) is 9.40 Å². The Morgan fingerprint density at radius 3 is 2.56 bits per heavy atom. The fourth-order valence-electron chi connectivity index (χ4n) is 2.49. The van der Waals surface area contributed by atoms with Gasteiger partial charge in [0, 0.05) is 6.20 Å². The zero-order chi connectivity index (χ0) is 18.0. The smallest absolute Gasteiger partial charge is 0.262 e. The highest BCUT2D eigenvalue weighted by atomic mass is 32.2. The molecule has 0 fully saturated rings. The summed E-state index contributed by atoms with van der Waals surface area (Å²) in [6.45, 7) is 4.02. The van der Waals surface area contributed by atoms with Gasteiger partial charge in [-0.05, 0) is 48.7 Å². The molecule has 0 atom stereocenters. The molecule has 0 radical (unpaired) electrons. The molecule has 0 aliphatic carbocycles. The molecule has 1 aromatic heterocycles. The maximum absolute atomic E-state index is 12.9. The second kappa shape index (κ2) is 6.68. The zero-order valence-electron chi connectivity index (χ0n) is 13.9. The molecule has 3 rings (SSSR count). The fourth-order valence-corrected chi connectivity index (χ4v) is 3.85. The van der Waals surface area contributed by atoms with Gasteiger partial charge >= 0.3 is 0 Å². The van der Waals surface area contributed by atoms with Crippen molar-refractivity contribution < 1.29 is 12.8 Å². The molecule has 0 bridgehead atoms. The zero-order valence-corrected chi connectivity index (χ0v) is 14.7. The number of benzene rings is 2. The maximum atomic E-state index is 12.9. The van der Waals surface area contributed by atoms with Crippen molar-refractivity contribution in [1.82, 2.24) is 9.78 Å². The standard InChI is InChI=1S/C18H18FN3O2S/c1-13-3-4-14(2)18(9-13)25(23,24)21-17-10-20-22(12-17)11-15-5-7-16(19)8-6-15/h3-10,12,21H,11H2,1-2H3. The molecule has 0 aliphatic rings. The van der Waals surface area contributed by atoms with Crippen LogP contribution in [-0.2, 0) is 16.6 Å². The van der Waals surface area contributed by atoms with Gasteiger partial charge in [0.05, 0.1) is 23.3 Å². The molecule has 0 saturated heterocycles. The van der Waals surface area contributed by atoms with Crippen molar-refractivity contribution in [2.24, 2.45) is 0 Å². The van der Waals surface area contributed by atoms with E-state index in [4.69, 9.17) is 0 Å². The van der Waals surface area contributed by atoms with E-state index in [-0.39, 0.29) is 10.7 Å². The SMILES string of the molecule is Cc1ccc(C)c(S(=O)(=O)Nc2cnn(Cc3ccc(F)cc3)c2)c1. The molecule has 0 spiro atoms. The quantitative estimate of drug-likeness (QED) is 0.758. The molecule has 25 heavy (non-hydrogen) atoms. The van der Waals surface area contributed by atoms with Gasteiger partial charge in [0.2, 0.25) is 0 Å². The number of nitrogens with one attached hydrogen (secondary N) is 1. The van der Waals surface area contributed by atoms with Crippen molar-refractivity contribution in [2.75, 3.05) is 4.72 Å². The van der Waals surface area contributed by atoms with Gasteiger partial charge in [-0.2, -0.15) is 5.10 Å². The maximum Gasteiger partial charge on any atom is 0.262 e. The van der Waals surface area contributed by atoms with E-state index < -0.39 is 10.0 Å². The van der Waals surface area contributed by atoms with Crippen LogP contribution in [0.25, 0.3) is 0 Å². The Kier molecular flexibility index (Phi) is 4.59. The Bertz CT molecular complexity index is 995. The highest BCUT2D eigenvalue weighted by Gasteiger charge is 2.18. The largest absolute Gasteiger partial charge is 0.276 e. The van der Waals surface area contributed by atoms with Gasteiger partial charge in [-0.25, -0.2) is 12.8 Å². The second-order valence-electron chi connectivity index (χ2n) is 5.93. The van der Waals surface area contributed by atoms with Crippen molar-refractivity contribution in [3.63, 3.8) is 0 Å². The molecule has 3 aromatic rings. The number of rotatable bonds is 5. The third kappa shape index (κ3) is 4.06. The number of sulfonamides is 1. The Morgan fingerprint density at radius 1 is 1.12 bits per heavy atom. The second-order valence-corrected chi connectivity index (χ2v) is 7.58.